The number of ketones is 1. The van der Waals surface area contributed by atoms with E-state index in [9.17, 15) is 9.82 Å². The van der Waals surface area contributed by atoms with Crippen LogP contribution >= 0.6 is 15.9 Å². The number of benzene rings is 1. The topological polar surface area (TPSA) is 40.5 Å². The van der Waals surface area contributed by atoms with Crippen LogP contribution in [0.4, 0.5) is 5.69 Å². The molecule has 20 heavy (non-hydrogen) atoms. The van der Waals surface area contributed by atoms with Crippen LogP contribution in [0.5, 0.6) is 0 Å². The summed E-state index contributed by atoms with van der Waals surface area (Å²) in [6.45, 7) is 4.73. The first kappa shape index (κ1) is 15.6. The second-order valence-corrected chi connectivity index (χ2v) is 6.28. The highest BCUT2D eigenvalue weighted by molar-refractivity contribution is 9.10. The third-order valence-corrected chi connectivity index (χ3v) is 4.41. The fourth-order valence-corrected chi connectivity index (χ4v) is 3.47. The molecule has 0 atom stereocenters. The Hall–Kier alpha value is -0.805. The number of fused-ring (bicyclic) bond motifs is 1. The quantitative estimate of drug-likeness (QED) is 0.658. The molecular weight excluding hydrogens is 317 g/mol. The first-order chi connectivity index (χ1) is 9.54. The molecular formula is C15H21BBrNO2. The molecule has 1 aromatic rings. The van der Waals surface area contributed by atoms with Gasteiger partial charge in [-0.05, 0) is 59.7 Å². The predicted octanol–water partition coefficient (Wildman–Crippen LogP) is 3.68. The van der Waals surface area contributed by atoms with E-state index in [2.05, 4.69) is 22.9 Å². The standard InChI is InChI=1S/C15H21BBrNO2/c1-3-4-7-14(19)12-9-11-6-5-8-18(16(2)20)15(11)13(17)10-12/h9-10,20H,3-8H2,1-2H3. The Morgan fingerprint density at radius 2 is 2.25 bits per heavy atom. The molecule has 0 saturated carbocycles. The number of hydrogen-bond acceptors (Lipinski definition) is 3. The van der Waals surface area contributed by atoms with E-state index in [0.29, 0.717) is 6.42 Å². The Kier molecular flexibility index (Phi) is 5.27. The minimum Gasteiger partial charge on any atom is -0.432 e. The SMILES string of the molecule is CCCCC(=O)c1cc(Br)c2c(c1)CCCN2B(C)O. The molecule has 0 spiro atoms. The molecule has 0 aromatic heterocycles. The van der Waals surface area contributed by atoms with E-state index >= 15 is 0 Å². The lowest BCUT2D eigenvalue weighted by molar-refractivity contribution is 0.0979. The smallest absolute Gasteiger partial charge is 0.409 e. The molecule has 0 amide bonds. The molecule has 5 heteroatoms. The van der Waals surface area contributed by atoms with Crippen LogP contribution in [0.15, 0.2) is 16.6 Å². The number of halogens is 1. The summed E-state index contributed by atoms with van der Waals surface area (Å²) >= 11 is 3.57. The maximum absolute atomic E-state index is 12.2. The van der Waals surface area contributed by atoms with Crippen molar-refractivity contribution in [1.82, 2.24) is 0 Å². The maximum Gasteiger partial charge on any atom is 0.409 e. The third kappa shape index (κ3) is 3.26. The number of anilines is 1. The summed E-state index contributed by atoms with van der Waals surface area (Å²) in [7, 11) is -0.507. The summed E-state index contributed by atoms with van der Waals surface area (Å²) in [6.07, 6.45) is 4.56. The summed E-state index contributed by atoms with van der Waals surface area (Å²) in [4.78, 5) is 14.2. The van der Waals surface area contributed by atoms with E-state index in [4.69, 9.17) is 0 Å². The Morgan fingerprint density at radius 3 is 2.90 bits per heavy atom. The first-order valence-electron chi connectivity index (χ1n) is 7.35. The molecule has 0 saturated heterocycles. The van der Waals surface area contributed by atoms with Crippen LogP contribution in [0.2, 0.25) is 6.82 Å². The number of nitrogens with zero attached hydrogens (tertiary/aromatic N) is 1. The number of carbonyl (C=O) groups is 1. The molecule has 0 bridgehead atoms. The first-order valence-corrected chi connectivity index (χ1v) is 8.14. The van der Waals surface area contributed by atoms with Crippen LogP contribution in [0.25, 0.3) is 0 Å². The molecule has 1 N–H and O–H groups in total. The molecule has 3 nitrogen and oxygen atoms in total. The van der Waals surface area contributed by atoms with Gasteiger partial charge >= 0.3 is 7.05 Å². The minimum absolute atomic E-state index is 0.213. The Morgan fingerprint density at radius 1 is 1.50 bits per heavy atom. The number of rotatable bonds is 5. The Balaban J connectivity index is 2.33. The molecule has 0 radical (unpaired) electrons. The van der Waals surface area contributed by atoms with E-state index in [1.165, 1.54) is 0 Å². The number of carbonyl (C=O) groups excluding carboxylic acids is 1. The van der Waals surface area contributed by atoms with E-state index in [1.54, 1.807) is 6.82 Å². The fourth-order valence-electron chi connectivity index (χ4n) is 2.74. The van der Waals surface area contributed by atoms with Crippen molar-refractivity contribution in [3.8, 4) is 0 Å². The van der Waals surface area contributed by atoms with Crippen molar-refractivity contribution in [2.45, 2.75) is 45.9 Å². The van der Waals surface area contributed by atoms with Crippen LogP contribution < -0.4 is 4.81 Å². The van der Waals surface area contributed by atoms with Gasteiger partial charge in [-0.25, -0.2) is 0 Å². The third-order valence-electron chi connectivity index (χ3n) is 3.81. The average Bonchev–Trinajstić information content (AvgIpc) is 2.43. The lowest BCUT2D eigenvalue weighted by atomic mass is 9.81. The van der Waals surface area contributed by atoms with Crippen molar-refractivity contribution in [1.29, 1.82) is 0 Å². The molecule has 0 unspecified atom stereocenters. The minimum atomic E-state index is -0.507. The number of Topliss-reactive ketones (excluding diaryl/α,β-unsaturated/α-hetero) is 1. The Labute approximate surface area is 129 Å². The summed E-state index contributed by atoms with van der Waals surface area (Å²) in [5, 5.41) is 9.88. The van der Waals surface area contributed by atoms with E-state index in [-0.39, 0.29) is 5.78 Å². The molecule has 108 valence electrons. The van der Waals surface area contributed by atoms with Gasteiger partial charge in [0, 0.05) is 28.7 Å². The molecule has 1 aromatic carbocycles. The predicted molar refractivity (Wildman–Crippen MR) is 87.5 cm³/mol. The number of hydrogen-bond donors (Lipinski definition) is 1. The van der Waals surface area contributed by atoms with Crippen LogP contribution in [-0.4, -0.2) is 24.4 Å². The highest BCUT2D eigenvalue weighted by Crippen LogP contribution is 2.36. The van der Waals surface area contributed by atoms with Crippen molar-refractivity contribution < 1.29 is 9.82 Å². The van der Waals surface area contributed by atoms with Crippen LogP contribution in [0, 0.1) is 0 Å². The molecule has 1 aliphatic rings. The van der Waals surface area contributed by atoms with Gasteiger partial charge in [0.05, 0.1) is 0 Å². The van der Waals surface area contributed by atoms with Crippen molar-refractivity contribution in [3.05, 3.63) is 27.7 Å². The second-order valence-electron chi connectivity index (χ2n) is 5.42. The highest BCUT2D eigenvalue weighted by Gasteiger charge is 2.26. The van der Waals surface area contributed by atoms with Gasteiger partial charge in [-0.2, -0.15) is 0 Å². The van der Waals surface area contributed by atoms with Crippen LogP contribution in [0.1, 0.15) is 48.5 Å². The number of aryl methyl sites for hydroxylation is 1. The van der Waals surface area contributed by atoms with Gasteiger partial charge in [0.25, 0.3) is 0 Å². The lowest BCUT2D eigenvalue weighted by Gasteiger charge is -2.33. The largest absolute Gasteiger partial charge is 0.432 e. The zero-order chi connectivity index (χ0) is 14.7. The average molecular weight is 338 g/mol. The van der Waals surface area contributed by atoms with E-state index < -0.39 is 7.05 Å². The summed E-state index contributed by atoms with van der Waals surface area (Å²) in [5.41, 5.74) is 2.99. The van der Waals surface area contributed by atoms with Gasteiger partial charge in [-0.3, -0.25) is 4.79 Å². The van der Waals surface area contributed by atoms with Gasteiger partial charge in [0.1, 0.15) is 0 Å². The Bertz CT molecular complexity index is 505. The molecule has 2 rings (SSSR count). The van der Waals surface area contributed by atoms with Crippen molar-refractivity contribution in [2.75, 3.05) is 11.4 Å². The zero-order valence-corrected chi connectivity index (χ0v) is 13.7. The zero-order valence-electron chi connectivity index (χ0n) is 12.2. The molecule has 0 fully saturated rings. The van der Waals surface area contributed by atoms with Crippen molar-refractivity contribution >= 4 is 34.5 Å². The summed E-state index contributed by atoms with van der Waals surface area (Å²) < 4.78 is 0.912. The van der Waals surface area contributed by atoms with E-state index in [0.717, 1.165) is 53.5 Å². The lowest BCUT2D eigenvalue weighted by Crippen LogP contribution is -2.41. The maximum atomic E-state index is 12.2. The van der Waals surface area contributed by atoms with Gasteiger partial charge < -0.3 is 9.83 Å². The van der Waals surface area contributed by atoms with E-state index in [1.807, 2.05) is 16.9 Å². The van der Waals surface area contributed by atoms with Crippen LogP contribution in [0.3, 0.4) is 0 Å². The summed E-state index contributed by atoms with van der Waals surface area (Å²) in [5.74, 6) is 0.213. The van der Waals surface area contributed by atoms with Gasteiger partial charge in [0.2, 0.25) is 0 Å². The molecule has 1 heterocycles. The van der Waals surface area contributed by atoms with Gasteiger partial charge in [0.15, 0.2) is 5.78 Å². The fraction of sp³-hybridized carbons (Fsp3) is 0.533. The van der Waals surface area contributed by atoms with Crippen molar-refractivity contribution in [2.24, 2.45) is 0 Å². The monoisotopic (exact) mass is 337 g/mol. The van der Waals surface area contributed by atoms with Gasteiger partial charge in [-0.1, -0.05) is 13.3 Å². The summed E-state index contributed by atoms with van der Waals surface area (Å²) in [6, 6.07) is 3.91. The second kappa shape index (κ2) is 6.77. The molecule has 1 aliphatic heterocycles. The van der Waals surface area contributed by atoms with Crippen LogP contribution in [-0.2, 0) is 6.42 Å². The highest BCUT2D eigenvalue weighted by atomic mass is 79.9. The number of unbranched alkanes of at least 4 members (excludes halogenated alkanes) is 1. The van der Waals surface area contributed by atoms with Gasteiger partial charge in [-0.15, -0.1) is 0 Å². The normalized spacial score (nSPS) is 14.1. The van der Waals surface area contributed by atoms with Crippen molar-refractivity contribution in [3.63, 3.8) is 0 Å². The molecule has 0 aliphatic carbocycles.